The van der Waals surface area contributed by atoms with Crippen LogP contribution in [0.1, 0.15) is 44.0 Å². The fourth-order valence-corrected chi connectivity index (χ4v) is 6.49. The van der Waals surface area contributed by atoms with E-state index in [2.05, 4.69) is 99.3 Å². The number of amides is 2. The van der Waals surface area contributed by atoms with E-state index >= 15 is 0 Å². The van der Waals surface area contributed by atoms with Crippen molar-refractivity contribution in [2.24, 2.45) is 18.9 Å². The van der Waals surface area contributed by atoms with Crippen LogP contribution >= 0.6 is 63.7 Å². The predicted octanol–water partition coefficient (Wildman–Crippen LogP) is 3.79. The number of carbonyl (C=O) groups excluding carboxylic acids is 2. The van der Waals surface area contributed by atoms with Gasteiger partial charge in [0.05, 0.1) is 30.0 Å². The highest BCUT2D eigenvalue weighted by Crippen LogP contribution is 2.42. The van der Waals surface area contributed by atoms with E-state index in [1.165, 1.54) is 0 Å². The zero-order valence-electron chi connectivity index (χ0n) is 20.4. The maximum absolute atomic E-state index is 13.1. The number of nitrogens with one attached hydrogen (secondary N) is 5. The lowest BCUT2D eigenvalue weighted by Crippen LogP contribution is -2.44. The number of rotatable bonds is 7. The van der Waals surface area contributed by atoms with Crippen LogP contribution in [0.15, 0.2) is 36.5 Å². The summed E-state index contributed by atoms with van der Waals surface area (Å²) in [6, 6.07) is 3.46. The molecule has 4 aromatic heterocycles. The van der Waals surface area contributed by atoms with Crippen molar-refractivity contribution in [2.75, 3.05) is 24.6 Å². The van der Waals surface area contributed by atoms with Gasteiger partial charge in [-0.15, -0.1) is 0 Å². The summed E-state index contributed by atoms with van der Waals surface area (Å²) in [5.41, 5.74) is 15.3. The first kappa shape index (κ1) is 28.0. The molecule has 0 radical (unpaired) electrons. The third kappa shape index (κ3) is 5.56. The minimum Gasteiger partial charge on any atom is -0.369 e. The summed E-state index contributed by atoms with van der Waals surface area (Å²) in [5.74, 6) is -0.500. The van der Waals surface area contributed by atoms with Crippen LogP contribution in [0.4, 0.5) is 11.9 Å². The van der Waals surface area contributed by atoms with E-state index in [4.69, 9.17) is 11.5 Å². The van der Waals surface area contributed by atoms with Crippen LogP contribution in [0.3, 0.4) is 0 Å². The van der Waals surface area contributed by atoms with Gasteiger partial charge in [-0.1, -0.05) is 0 Å². The summed E-state index contributed by atoms with van der Waals surface area (Å²) < 4.78 is 4.72. The Morgan fingerprint density at radius 1 is 1.03 bits per heavy atom. The van der Waals surface area contributed by atoms with Crippen LogP contribution in [0, 0.1) is 11.8 Å². The van der Waals surface area contributed by atoms with Gasteiger partial charge < -0.3 is 41.6 Å². The van der Waals surface area contributed by atoms with Crippen LogP contribution in [0.2, 0.25) is 0 Å². The lowest BCUT2D eigenvalue weighted by Gasteiger charge is -2.37. The van der Waals surface area contributed by atoms with Gasteiger partial charge in [-0.3, -0.25) is 9.59 Å². The number of hydrogen-bond acceptors (Lipinski definition) is 6. The maximum atomic E-state index is 13.1. The second kappa shape index (κ2) is 11.1. The molecule has 16 heteroatoms. The van der Waals surface area contributed by atoms with Gasteiger partial charge in [0.25, 0.3) is 11.8 Å². The Morgan fingerprint density at radius 3 is 2.38 bits per heavy atom. The van der Waals surface area contributed by atoms with Crippen molar-refractivity contribution in [3.63, 3.8) is 0 Å². The van der Waals surface area contributed by atoms with Crippen molar-refractivity contribution in [1.82, 2.24) is 40.1 Å². The second-order valence-corrected chi connectivity index (χ2v) is 12.6. The molecule has 0 aromatic carbocycles. The number of anilines is 2. The van der Waals surface area contributed by atoms with Gasteiger partial charge in [0.15, 0.2) is 11.9 Å². The number of halogens is 4. The molecule has 12 nitrogen and oxygen atoms in total. The molecule has 4 heterocycles. The number of hydrogen-bond donors (Lipinski definition) is 7. The number of H-pyrrole nitrogens is 3. The Hall–Kier alpha value is -2.56. The Balaban J connectivity index is 1.44. The van der Waals surface area contributed by atoms with Gasteiger partial charge >= 0.3 is 0 Å². The van der Waals surface area contributed by atoms with Crippen LogP contribution in [0.5, 0.6) is 0 Å². The van der Waals surface area contributed by atoms with Crippen LogP contribution in [0.25, 0.3) is 0 Å². The van der Waals surface area contributed by atoms with Crippen LogP contribution in [-0.2, 0) is 13.5 Å². The highest BCUT2D eigenvalue weighted by molar-refractivity contribution is 9.13. The molecular formula is C23H24Br4N10O2. The number of fused-ring (bicyclic) bond motifs is 1. The van der Waals surface area contributed by atoms with Crippen molar-refractivity contribution in [3.05, 3.63) is 65.0 Å². The lowest BCUT2D eigenvalue weighted by molar-refractivity contribution is 0.0904. The molecule has 0 spiro atoms. The zero-order chi connectivity index (χ0) is 28.0. The summed E-state index contributed by atoms with van der Waals surface area (Å²) in [6.07, 6.45) is 2.24. The largest absolute Gasteiger partial charge is 0.369 e. The van der Waals surface area contributed by atoms with Crippen molar-refractivity contribution in [1.29, 1.82) is 0 Å². The molecule has 39 heavy (non-hydrogen) atoms. The average molecular weight is 792 g/mol. The summed E-state index contributed by atoms with van der Waals surface area (Å²) in [5, 5.41) is 6.12. The van der Waals surface area contributed by atoms with Crippen LogP contribution in [-0.4, -0.2) is 54.4 Å². The molecule has 0 fully saturated rings. The molecule has 4 aromatic rings. The first-order valence-corrected chi connectivity index (χ1v) is 15.0. The SMILES string of the molecule is Cn1c(C(=O)NCC2Cc3[nH]c(N)nc3C(c3cnc(N)[nH]3)[C@@H]2CNC(=O)c2cc(Br)c(Br)[nH]2)cc(Br)c1Br. The Morgan fingerprint density at radius 2 is 1.77 bits per heavy atom. The van der Waals surface area contributed by atoms with Gasteiger partial charge in [0.1, 0.15) is 11.4 Å². The first-order chi connectivity index (χ1) is 18.5. The summed E-state index contributed by atoms with van der Waals surface area (Å²) in [4.78, 5) is 44.2. The van der Waals surface area contributed by atoms with E-state index in [1.807, 2.05) is 0 Å². The molecule has 1 aliphatic carbocycles. The molecule has 2 amide bonds. The molecule has 0 saturated carbocycles. The molecule has 9 N–H and O–H groups in total. The van der Waals surface area contributed by atoms with E-state index in [9.17, 15) is 9.59 Å². The standard InChI is InChI=1S/C23H24Br4N10O2/c1-37-15(4-11(25)19(37)27)21(39)30-5-8-2-12-17(36-23(29)34-12)16(14-7-32-22(28)35-14)9(8)6-31-20(38)13-3-10(24)18(26)33-13/h3-4,7-9,16,33H,2,5-6H2,1H3,(H,30,39)(H,31,38)(H3,28,32,35)(H3,29,34,36)/t8?,9-,16?/m1/s1. The van der Waals surface area contributed by atoms with Crippen molar-refractivity contribution in [3.8, 4) is 0 Å². The van der Waals surface area contributed by atoms with Gasteiger partial charge in [-0.25, -0.2) is 9.97 Å². The summed E-state index contributed by atoms with van der Waals surface area (Å²) >= 11 is 13.7. The summed E-state index contributed by atoms with van der Waals surface area (Å²) in [7, 11) is 1.80. The lowest BCUT2D eigenvalue weighted by atomic mass is 9.71. The van der Waals surface area contributed by atoms with E-state index in [0.29, 0.717) is 41.4 Å². The topological polar surface area (TPSA) is 188 Å². The predicted molar refractivity (Wildman–Crippen MR) is 160 cm³/mol. The Bertz CT molecular complexity index is 1530. The van der Waals surface area contributed by atoms with Crippen molar-refractivity contribution < 1.29 is 9.59 Å². The third-order valence-electron chi connectivity index (χ3n) is 6.92. The highest BCUT2D eigenvalue weighted by Gasteiger charge is 2.41. The van der Waals surface area contributed by atoms with Crippen molar-refractivity contribution in [2.45, 2.75) is 12.3 Å². The minimum atomic E-state index is -0.310. The van der Waals surface area contributed by atoms with Gasteiger partial charge in [-0.05, 0) is 94.1 Å². The number of aromatic amines is 3. The molecule has 206 valence electrons. The zero-order valence-corrected chi connectivity index (χ0v) is 26.8. The van der Waals surface area contributed by atoms with Gasteiger partial charge in [-0.2, -0.15) is 0 Å². The summed E-state index contributed by atoms with van der Waals surface area (Å²) in [6.45, 7) is 0.641. The molecule has 2 unspecified atom stereocenters. The normalized spacial score (nSPS) is 18.6. The smallest absolute Gasteiger partial charge is 0.267 e. The van der Waals surface area contributed by atoms with Gasteiger partial charge in [0, 0.05) is 37.4 Å². The molecule has 1 aliphatic rings. The van der Waals surface area contributed by atoms with E-state index in [-0.39, 0.29) is 35.5 Å². The molecular weight excluding hydrogens is 768 g/mol. The van der Waals surface area contributed by atoms with Crippen molar-refractivity contribution >= 4 is 87.4 Å². The Kier molecular flexibility index (Phi) is 7.99. The number of carbonyl (C=O) groups is 2. The monoisotopic (exact) mass is 788 g/mol. The van der Waals surface area contributed by atoms with E-state index in [1.54, 1.807) is 29.9 Å². The number of aromatic nitrogens is 6. The van der Waals surface area contributed by atoms with Crippen LogP contribution < -0.4 is 22.1 Å². The minimum absolute atomic E-state index is 0.0922. The first-order valence-electron chi connectivity index (χ1n) is 11.8. The quantitative estimate of drug-likeness (QED) is 0.149. The fraction of sp³-hybridized carbons (Fsp3) is 0.304. The fourth-order valence-electron chi connectivity index (χ4n) is 5.05. The molecule has 0 aliphatic heterocycles. The average Bonchev–Trinajstić information content (AvgIpc) is 3.64. The molecule has 0 saturated heterocycles. The van der Waals surface area contributed by atoms with E-state index in [0.717, 1.165) is 30.6 Å². The molecule has 5 rings (SSSR count). The Labute approximate surface area is 256 Å². The molecule has 0 bridgehead atoms. The highest BCUT2D eigenvalue weighted by atomic mass is 79.9. The maximum Gasteiger partial charge on any atom is 0.267 e. The molecule has 3 atom stereocenters. The number of nitrogens with two attached hydrogens (primary N) is 2. The third-order valence-corrected chi connectivity index (χ3v) is 10.8. The second-order valence-electron chi connectivity index (χ2n) is 9.31. The number of nitrogens with zero attached hydrogens (tertiary/aromatic N) is 3. The number of nitrogen functional groups attached to an aromatic ring is 2. The van der Waals surface area contributed by atoms with Gasteiger partial charge in [0.2, 0.25) is 0 Å². The van der Waals surface area contributed by atoms with E-state index < -0.39 is 0 Å². The number of imidazole rings is 2.